The van der Waals surface area contributed by atoms with E-state index in [0.29, 0.717) is 6.07 Å². The van der Waals surface area contributed by atoms with Crippen molar-refractivity contribution in [2.45, 2.75) is 18.7 Å². The Kier molecular flexibility index (Phi) is 7.89. The zero-order chi connectivity index (χ0) is 25.7. The second-order valence-electron chi connectivity index (χ2n) is 6.21. The van der Waals surface area contributed by atoms with Crippen molar-refractivity contribution < 1.29 is 58.5 Å². The maximum atomic E-state index is 12.4. The Morgan fingerprint density at radius 1 is 0.882 bits per heavy atom. The molecule has 17 heteroatoms. The fourth-order valence-electron chi connectivity index (χ4n) is 2.09. The summed E-state index contributed by atoms with van der Waals surface area (Å²) in [4.78, 5) is 20.1. The van der Waals surface area contributed by atoms with E-state index in [4.69, 9.17) is 0 Å². The van der Waals surface area contributed by atoms with Crippen molar-refractivity contribution in [1.82, 2.24) is 9.97 Å². The molecule has 1 heterocycles. The van der Waals surface area contributed by atoms with E-state index in [2.05, 4.69) is 24.2 Å². The highest BCUT2D eigenvalue weighted by atomic mass is 19.4. The summed E-state index contributed by atoms with van der Waals surface area (Å²) in [6.45, 7) is -3.69. The molecule has 0 radical (unpaired) electrons. The van der Waals surface area contributed by atoms with Gasteiger partial charge in [0.15, 0.2) is 13.2 Å². The summed E-state index contributed by atoms with van der Waals surface area (Å²) in [6, 6.07) is 3.44. The van der Waals surface area contributed by atoms with Crippen LogP contribution in [-0.4, -0.2) is 55.0 Å². The van der Waals surface area contributed by atoms with E-state index < -0.39 is 61.4 Å². The van der Waals surface area contributed by atoms with Crippen molar-refractivity contribution in [2.75, 3.05) is 30.5 Å². The number of alkyl halides is 9. The fourth-order valence-corrected chi connectivity index (χ4v) is 2.09. The van der Waals surface area contributed by atoms with Crippen molar-refractivity contribution >= 4 is 17.7 Å². The van der Waals surface area contributed by atoms with Gasteiger partial charge in [0.25, 0.3) is 0 Å². The summed E-state index contributed by atoms with van der Waals surface area (Å²) in [5.74, 6) is -3.05. The van der Waals surface area contributed by atoms with E-state index in [1.165, 1.54) is 0 Å². The smallest absolute Gasteiger partial charge is 0.468 e. The van der Waals surface area contributed by atoms with Gasteiger partial charge in [-0.2, -0.15) is 36.3 Å². The molecule has 0 aliphatic heterocycles. The lowest BCUT2D eigenvalue weighted by Crippen LogP contribution is -2.32. The van der Waals surface area contributed by atoms with Gasteiger partial charge in [-0.15, -0.1) is 13.2 Å². The molecule has 1 aromatic carbocycles. The Morgan fingerprint density at radius 3 is 1.76 bits per heavy atom. The van der Waals surface area contributed by atoms with Crippen molar-refractivity contribution in [3.63, 3.8) is 0 Å². The van der Waals surface area contributed by atoms with Crippen molar-refractivity contribution in [2.24, 2.45) is 0 Å². The van der Waals surface area contributed by atoms with Crippen LogP contribution in [0.1, 0.15) is 0 Å². The SMILES string of the molecule is CN(C(=O)Nc1nc(OCC(F)(F)F)cc(OCC(F)(F)F)n1)c1ccc(OC(F)(F)F)cc1. The number of rotatable bonds is 7. The van der Waals surface area contributed by atoms with Gasteiger partial charge in [0.05, 0.1) is 6.07 Å². The number of urea groups is 1. The Labute approximate surface area is 184 Å². The average molecular weight is 508 g/mol. The molecule has 0 unspecified atom stereocenters. The van der Waals surface area contributed by atoms with Crippen LogP contribution in [0.15, 0.2) is 30.3 Å². The number of nitrogens with one attached hydrogen (secondary N) is 1. The number of carbonyl (C=O) groups excluding carboxylic acids is 1. The van der Waals surface area contributed by atoms with Gasteiger partial charge >= 0.3 is 24.7 Å². The summed E-state index contributed by atoms with van der Waals surface area (Å²) < 4.78 is 123. The predicted octanol–water partition coefficient (Wildman–Crippen LogP) is 4.93. The Balaban J connectivity index is 2.17. The summed E-state index contributed by atoms with van der Waals surface area (Å²) in [5.41, 5.74) is 0.0324. The Bertz CT molecular complexity index is 943. The van der Waals surface area contributed by atoms with Crippen LogP contribution in [0.4, 0.5) is 55.9 Å². The third kappa shape index (κ3) is 9.45. The number of amides is 2. The molecule has 1 aromatic heterocycles. The minimum atomic E-state index is -4.94. The maximum absolute atomic E-state index is 12.4. The lowest BCUT2D eigenvalue weighted by molar-refractivity contribution is -0.274. The van der Waals surface area contributed by atoms with Crippen LogP contribution in [0.25, 0.3) is 0 Å². The summed E-state index contributed by atoms with van der Waals surface area (Å²) >= 11 is 0. The van der Waals surface area contributed by atoms with Gasteiger partial charge in [-0.1, -0.05) is 0 Å². The number of benzene rings is 1. The van der Waals surface area contributed by atoms with Gasteiger partial charge in [0, 0.05) is 12.7 Å². The van der Waals surface area contributed by atoms with Crippen molar-refractivity contribution in [1.29, 1.82) is 0 Å². The van der Waals surface area contributed by atoms with E-state index in [1.54, 1.807) is 0 Å². The van der Waals surface area contributed by atoms with E-state index in [1.807, 2.05) is 5.32 Å². The number of anilines is 2. The third-order valence-corrected chi connectivity index (χ3v) is 3.43. The average Bonchev–Trinajstić information content (AvgIpc) is 2.68. The molecule has 34 heavy (non-hydrogen) atoms. The molecule has 2 amide bonds. The Hall–Kier alpha value is -3.66. The lowest BCUT2D eigenvalue weighted by Gasteiger charge is -2.19. The first-order valence-corrected chi connectivity index (χ1v) is 8.69. The van der Waals surface area contributed by atoms with E-state index in [9.17, 15) is 44.3 Å². The van der Waals surface area contributed by atoms with Crippen LogP contribution in [0.5, 0.6) is 17.5 Å². The molecule has 0 saturated heterocycles. The van der Waals surface area contributed by atoms with Gasteiger partial charge in [0.1, 0.15) is 5.75 Å². The fraction of sp³-hybridized carbons (Fsp3) is 0.353. The molecule has 0 atom stereocenters. The van der Waals surface area contributed by atoms with E-state index in [-0.39, 0.29) is 5.69 Å². The minimum absolute atomic E-state index is 0.0324. The number of carbonyl (C=O) groups is 1. The van der Waals surface area contributed by atoms with Gasteiger partial charge < -0.3 is 14.2 Å². The number of nitrogens with zero attached hydrogens (tertiary/aromatic N) is 3. The Morgan fingerprint density at radius 2 is 1.35 bits per heavy atom. The van der Waals surface area contributed by atoms with Crippen molar-refractivity contribution in [3.05, 3.63) is 30.3 Å². The second kappa shape index (κ2) is 10.1. The molecule has 0 fully saturated rings. The molecule has 0 saturated carbocycles. The van der Waals surface area contributed by atoms with Gasteiger partial charge in [-0.05, 0) is 24.3 Å². The quantitative estimate of drug-likeness (QED) is 0.535. The normalized spacial score (nSPS) is 12.2. The number of hydrogen-bond acceptors (Lipinski definition) is 6. The minimum Gasteiger partial charge on any atom is -0.468 e. The molecule has 2 rings (SSSR count). The molecule has 188 valence electrons. The standard InChI is InChI=1S/C17H13F9N4O4/c1-30(9-2-4-10(5-3-9)34-17(24,25)26)14(31)29-13-27-11(32-7-15(18,19)20)6-12(28-13)33-8-16(21,22)23/h2-6H,7-8H2,1H3,(H,27,28,29,31). The number of halogens is 9. The van der Waals surface area contributed by atoms with Crippen LogP contribution in [-0.2, 0) is 0 Å². The maximum Gasteiger partial charge on any atom is 0.573 e. The monoisotopic (exact) mass is 508 g/mol. The van der Waals surface area contributed by atoms with E-state index >= 15 is 0 Å². The zero-order valence-corrected chi connectivity index (χ0v) is 16.7. The highest BCUT2D eigenvalue weighted by molar-refractivity contribution is 6.00. The molecule has 0 aliphatic rings. The number of ether oxygens (including phenoxy) is 3. The largest absolute Gasteiger partial charge is 0.573 e. The van der Waals surface area contributed by atoms with Gasteiger partial charge in [-0.3, -0.25) is 10.2 Å². The lowest BCUT2D eigenvalue weighted by atomic mass is 10.3. The summed E-state index contributed by atoms with van der Waals surface area (Å²) in [7, 11) is 1.15. The number of hydrogen-bond donors (Lipinski definition) is 1. The molecule has 0 aliphatic carbocycles. The zero-order valence-electron chi connectivity index (χ0n) is 16.7. The van der Waals surface area contributed by atoms with Crippen LogP contribution in [0.3, 0.4) is 0 Å². The molecular weight excluding hydrogens is 495 g/mol. The molecule has 1 N–H and O–H groups in total. The highest BCUT2D eigenvalue weighted by Crippen LogP contribution is 2.26. The molecule has 8 nitrogen and oxygen atoms in total. The van der Waals surface area contributed by atoms with Crippen LogP contribution in [0, 0.1) is 0 Å². The topological polar surface area (TPSA) is 85.8 Å². The van der Waals surface area contributed by atoms with Gasteiger partial charge in [-0.25, -0.2) is 4.79 Å². The second-order valence-corrected chi connectivity index (χ2v) is 6.21. The first kappa shape index (κ1) is 26.6. The first-order valence-electron chi connectivity index (χ1n) is 8.69. The van der Waals surface area contributed by atoms with Crippen molar-refractivity contribution in [3.8, 4) is 17.5 Å². The molecule has 0 bridgehead atoms. The van der Waals surface area contributed by atoms with Crippen LogP contribution < -0.4 is 24.4 Å². The van der Waals surface area contributed by atoms with E-state index in [0.717, 1.165) is 36.2 Å². The molecule has 2 aromatic rings. The molecule has 0 spiro atoms. The predicted molar refractivity (Wildman–Crippen MR) is 95.7 cm³/mol. The summed E-state index contributed by atoms with van der Waals surface area (Å²) in [6.07, 6.45) is -14.5. The van der Waals surface area contributed by atoms with Gasteiger partial charge in [0.2, 0.25) is 17.7 Å². The van der Waals surface area contributed by atoms with Crippen LogP contribution in [0.2, 0.25) is 0 Å². The third-order valence-electron chi connectivity index (χ3n) is 3.43. The first-order chi connectivity index (χ1) is 15.5. The number of aromatic nitrogens is 2. The highest BCUT2D eigenvalue weighted by Gasteiger charge is 2.32. The molecular formula is C17H13F9N4O4. The van der Waals surface area contributed by atoms with Crippen LogP contribution >= 0.6 is 0 Å². The summed E-state index contributed by atoms with van der Waals surface area (Å²) in [5, 5.41) is 2.00.